The van der Waals surface area contributed by atoms with Gasteiger partial charge in [-0.25, -0.2) is 13.9 Å². The van der Waals surface area contributed by atoms with Crippen LogP contribution in [0.1, 0.15) is 25.4 Å². The molecule has 11 heteroatoms. The third-order valence-electron chi connectivity index (χ3n) is 7.12. The van der Waals surface area contributed by atoms with E-state index in [1.807, 2.05) is 43.3 Å². The maximum atomic E-state index is 13.4. The fraction of sp³-hybridized carbons (Fsp3) is 0.259. The number of hydrogen-bond donors (Lipinski definition) is 3. The van der Waals surface area contributed by atoms with Crippen molar-refractivity contribution in [3.8, 4) is 22.6 Å². The minimum absolute atomic E-state index is 0. The summed E-state index contributed by atoms with van der Waals surface area (Å²) >= 11 is 0. The Morgan fingerprint density at radius 1 is 1.03 bits per heavy atom. The quantitative estimate of drug-likeness (QED) is 0.422. The Morgan fingerprint density at radius 3 is 2.50 bits per heavy atom. The fourth-order valence-corrected chi connectivity index (χ4v) is 5.91. The molecular weight excluding hydrogens is 510 g/mol. The van der Waals surface area contributed by atoms with Crippen molar-refractivity contribution >= 4 is 27.5 Å². The molecule has 3 aromatic carbocycles. The van der Waals surface area contributed by atoms with E-state index in [2.05, 4.69) is 15.5 Å². The molecule has 38 heavy (non-hydrogen) atoms. The Kier molecular flexibility index (Phi) is 5.86. The molecule has 0 radical (unpaired) electrons. The van der Waals surface area contributed by atoms with Crippen LogP contribution in [0.5, 0.6) is 11.5 Å². The molecule has 6 rings (SSSR count). The standard InChI is InChI=1S/C27H25N3O7S.H2/c1-16-2-6-19(28-26(32)27(10-11-27)18-5-9-23-24(12-18)36-15-35-23)13-21(16)17-3-7-20(8-4-17)38(33,34)30-22-14-37-29-25(22)31;/h2-9,12-13,22,30H,10-11,14-15H2,1H3,(H,28,32)(H,29,31);1H/t22-;/m1./s1. The van der Waals surface area contributed by atoms with E-state index in [0.29, 0.717) is 17.2 Å². The van der Waals surface area contributed by atoms with Crippen LogP contribution in [0.4, 0.5) is 5.69 Å². The van der Waals surface area contributed by atoms with Crippen molar-refractivity contribution in [3.05, 3.63) is 71.8 Å². The molecule has 1 aliphatic carbocycles. The second kappa shape index (κ2) is 9.12. The van der Waals surface area contributed by atoms with Gasteiger partial charge in [-0.3, -0.25) is 14.4 Å². The molecule has 2 aliphatic heterocycles. The van der Waals surface area contributed by atoms with E-state index in [1.165, 1.54) is 12.1 Å². The summed E-state index contributed by atoms with van der Waals surface area (Å²) in [5.41, 5.74) is 5.68. The van der Waals surface area contributed by atoms with Gasteiger partial charge in [0, 0.05) is 7.11 Å². The fourth-order valence-electron chi connectivity index (χ4n) is 4.73. The first-order valence-electron chi connectivity index (χ1n) is 12.1. The van der Waals surface area contributed by atoms with Gasteiger partial charge >= 0.3 is 0 Å². The molecule has 1 atom stereocenters. The Balaban J connectivity index is 0.00000308. The normalized spacial score (nSPS) is 19.2. The van der Waals surface area contributed by atoms with E-state index < -0.39 is 27.4 Å². The molecule has 2 amide bonds. The lowest BCUT2D eigenvalue weighted by Gasteiger charge is -2.17. The zero-order valence-electron chi connectivity index (χ0n) is 20.4. The highest BCUT2D eigenvalue weighted by Crippen LogP contribution is 2.51. The Labute approximate surface area is 220 Å². The lowest BCUT2D eigenvalue weighted by Crippen LogP contribution is -2.41. The second-order valence-corrected chi connectivity index (χ2v) is 11.3. The minimum Gasteiger partial charge on any atom is -0.454 e. The topological polar surface area (TPSA) is 132 Å². The maximum Gasteiger partial charge on any atom is 0.264 e. The molecule has 1 saturated carbocycles. The number of carbonyl (C=O) groups excluding carboxylic acids is 2. The summed E-state index contributed by atoms with van der Waals surface area (Å²) in [6.07, 6.45) is 1.49. The number of aryl methyl sites for hydroxylation is 1. The van der Waals surface area contributed by atoms with Gasteiger partial charge in [0.1, 0.15) is 12.6 Å². The van der Waals surface area contributed by atoms with Crippen LogP contribution in [0.15, 0.2) is 65.6 Å². The van der Waals surface area contributed by atoms with E-state index in [1.54, 1.807) is 12.1 Å². The first-order valence-corrected chi connectivity index (χ1v) is 13.6. The van der Waals surface area contributed by atoms with Crippen LogP contribution in [-0.4, -0.2) is 39.7 Å². The van der Waals surface area contributed by atoms with Crippen molar-refractivity contribution in [1.82, 2.24) is 10.2 Å². The first kappa shape index (κ1) is 24.4. The number of anilines is 1. The van der Waals surface area contributed by atoms with Gasteiger partial charge in [-0.05, 0) is 78.4 Å². The minimum atomic E-state index is -3.91. The van der Waals surface area contributed by atoms with Gasteiger partial charge in [0.2, 0.25) is 22.7 Å². The second-order valence-electron chi connectivity index (χ2n) is 9.61. The highest BCUT2D eigenvalue weighted by molar-refractivity contribution is 7.89. The van der Waals surface area contributed by atoms with Crippen LogP contribution < -0.4 is 25.0 Å². The third kappa shape index (κ3) is 4.38. The monoisotopic (exact) mass is 537 g/mol. The van der Waals surface area contributed by atoms with Gasteiger partial charge in [-0.15, -0.1) is 0 Å². The summed E-state index contributed by atoms with van der Waals surface area (Å²) in [4.78, 5) is 29.8. The van der Waals surface area contributed by atoms with Gasteiger partial charge < -0.3 is 14.8 Å². The zero-order valence-corrected chi connectivity index (χ0v) is 21.3. The summed E-state index contributed by atoms with van der Waals surface area (Å²) in [6.45, 7) is 2.05. The Hall–Kier alpha value is -3.93. The summed E-state index contributed by atoms with van der Waals surface area (Å²) < 4.78 is 38.6. The number of ether oxygens (including phenoxy) is 2. The number of hydroxylamine groups is 1. The van der Waals surface area contributed by atoms with Crippen molar-refractivity contribution < 1.29 is 33.7 Å². The van der Waals surface area contributed by atoms with Crippen LogP contribution in [-0.2, 0) is 29.9 Å². The number of benzene rings is 3. The molecule has 3 N–H and O–H groups in total. The van der Waals surface area contributed by atoms with Crippen molar-refractivity contribution in [2.75, 3.05) is 18.7 Å². The summed E-state index contributed by atoms with van der Waals surface area (Å²) in [5.74, 6) is 0.713. The molecule has 2 fully saturated rings. The lowest BCUT2D eigenvalue weighted by molar-refractivity contribution is -0.124. The molecule has 3 aliphatic rings. The number of nitrogens with one attached hydrogen (secondary N) is 3. The Morgan fingerprint density at radius 2 is 1.79 bits per heavy atom. The molecule has 2 heterocycles. The van der Waals surface area contributed by atoms with Crippen LogP contribution in [0.3, 0.4) is 0 Å². The van der Waals surface area contributed by atoms with Gasteiger partial charge in [-0.1, -0.05) is 24.3 Å². The van der Waals surface area contributed by atoms with Gasteiger partial charge in [0.05, 0.1) is 10.3 Å². The predicted molar refractivity (Wildman–Crippen MR) is 139 cm³/mol. The van der Waals surface area contributed by atoms with Crippen LogP contribution in [0.25, 0.3) is 11.1 Å². The number of carbonyl (C=O) groups is 2. The molecule has 0 spiro atoms. The molecule has 3 aromatic rings. The average molecular weight is 538 g/mol. The molecule has 0 aromatic heterocycles. The van der Waals surface area contributed by atoms with Crippen LogP contribution in [0.2, 0.25) is 0 Å². The summed E-state index contributed by atoms with van der Waals surface area (Å²) in [6, 6.07) is 16.7. The molecule has 0 unspecified atom stereocenters. The molecule has 10 nitrogen and oxygen atoms in total. The number of rotatable bonds is 7. The molecule has 0 bridgehead atoms. The smallest absolute Gasteiger partial charge is 0.264 e. The largest absolute Gasteiger partial charge is 0.454 e. The van der Waals surface area contributed by atoms with Crippen molar-refractivity contribution in [2.24, 2.45) is 0 Å². The lowest BCUT2D eigenvalue weighted by atomic mass is 9.94. The maximum absolute atomic E-state index is 13.4. The number of amides is 2. The van der Waals surface area contributed by atoms with Crippen LogP contribution in [0, 0.1) is 6.92 Å². The predicted octanol–water partition coefficient (Wildman–Crippen LogP) is 3.02. The zero-order chi connectivity index (χ0) is 26.5. The molecular formula is C27H27N3O7S. The first-order chi connectivity index (χ1) is 18.2. The van der Waals surface area contributed by atoms with Crippen molar-refractivity contribution in [2.45, 2.75) is 36.1 Å². The molecule has 198 valence electrons. The highest BCUT2D eigenvalue weighted by atomic mass is 32.2. The van der Waals surface area contributed by atoms with E-state index in [9.17, 15) is 18.0 Å². The van der Waals surface area contributed by atoms with Gasteiger partial charge in [0.25, 0.3) is 5.91 Å². The molecule has 1 saturated heterocycles. The Bertz CT molecular complexity index is 1560. The van der Waals surface area contributed by atoms with Crippen molar-refractivity contribution in [3.63, 3.8) is 0 Å². The summed E-state index contributed by atoms with van der Waals surface area (Å²) in [5, 5.41) is 3.06. The van der Waals surface area contributed by atoms with E-state index >= 15 is 0 Å². The number of sulfonamides is 1. The van der Waals surface area contributed by atoms with Gasteiger partial charge in [-0.2, -0.15) is 4.72 Å². The SMILES string of the molecule is Cc1ccc(NC(=O)C2(c3ccc4c(c3)OCO4)CC2)cc1-c1ccc(S(=O)(=O)N[C@@H]2CONC2=O)cc1.[HH]. The highest BCUT2D eigenvalue weighted by Gasteiger charge is 2.51. The average Bonchev–Trinajstić information content (AvgIpc) is 3.43. The van der Waals surface area contributed by atoms with Crippen LogP contribution >= 0.6 is 0 Å². The number of fused-ring (bicyclic) bond motifs is 1. The van der Waals surface area contributed by atoms with Gasteiger partial charge in [0.15, 0.2) is 11.5 Å². The van der Waals surface area contributed by atoms with Crippen molar-refractivity contribution in [1.29, 1.82) is 0 Å². The third-order valence-corrected chi connectivity index (χ3v) is 8.61. The van der Waals surface area contributed by atoms with E-state index in [0.717, 1.165) is 35.1 Å². The number of hydrogen-bond acceptors (Lipinski definition) is 7. The summed E-state index contributed by atoms with van der Waals surface area (Å²) in [7, 11) is -3.91. The van der Waals surface area contributed by atoms with E-state index in [-0.39, 0.29) is 25.6 Å². The van der Waals surface area contributed by atoms with E-state index in [4.69, 9.17) is 14.3 Å².